The van der Waals surface area contributed by atoms with E-state index in [-0.39, 0.29) is 11.3 Å². The van der Waals surface area contributed by atoms with Gasteiger partial charge in [-0.2, -0.15) is 0 Å². The second-order valence-electron chi connectivity index (χ2n) is 4.38. The normalized spacial score (nSPS) is 10.9. The highest BCUT2D eigenvalue weighted by Gasteiger charge is 2.21. The van der Waals surface area contributed by atoms with Crippen molar-refractivity contribution in [2.24, 2.45) is 7.05 Å². The van der Waals surface area contributed by atoms with E-state index < -0.39 is 5.97 Å². The molecule has 0 bridgehead atoms. The first-order valence-corrected chi connectivity index (χ1v) is 5.94. The number of ether oxygens (including phenoxy) is 1. The summed E-state index contributed by atoms with van der Waals surface area (Å²) >= 11 is 0. The Balaban J connectivity index is 2.33. The zero-order valence-electron chi connectivity index (χ0n) is 11.0. The summed E-state index contributed by atoms with van der Waals surface area (Å²) in [6, 6.07) is 5.59. The van der Waals surface area contributed by atoms with Crippen molar-refractivity contribution in [3.8, 4) is 17.1 Å². The highest BCUT2D eigenvalue weighted by atomic mass is 16.5. The summed E-state index contributed by atoms with van der Waals surface area (Å²) in [7, 11) is 3.46. The Morgan fingerprint density at radius 2 is 2.25 bits per heavy atom. The lowest BCUT2D eigenvalue weighted by molar-refractivity contribution is 0.0697. The highest BCUT2D eigenvalue weighted by molar-refractivity contribution is 6.03. The van der Waals surface area contributed by atoms with Gasteiger partial charge in [-0.3, -0.25) is 0 Å². The molecule has 0 aliphatic carbocycles. The van der Waals surface area contributed by atoms with Crippen LogP contribution in [0.2, 0.25) is 0 Å². The first-order valence-electron chi connectivity index (χ1n) is 5.94. The number of rotatable bonds is 3. The fraction of sp³-hybridized carbons (Fsp3) is 0.143. The maximum atomic E-state index is 11.2. The molecular formula is C14H12N2O4. The van der Waals surface area contributed by atoms with E-state index in [1.165, 1.54) is 6.20 Å². The second kappa shape index (κ2) is 4.41. The van der Waals surface area contributed by atoms with Gasteiger partial charge in [0.25, 0.3) is 0 Å². The van der Waals surface area contributed by atoms with Crippen LogP contribution in [-0.4, -0.2) is 27.9 Å². The summed E-state index contributed by atoms with van der Waals surface area (Å²) in [5.74, 6) is -0.106. The molecule has 0 radical (unpaired) electrons. The van der Waals surface area contributed by atoms with E-state index >= 15 is 0 Å². The maximum absolute atomic E-state index is 11.2. The lowest BCUT2D eigenvalue weighted by Crippen LogP contribution is -1.95. The largest absolute Gasteiger partial charge is 0.495 e. The van der Waals surface area contributed by atoms with Gasteiger partial charge in [-0.05, 0) is 6.07 Å². The predicted octanol–water partition coefficient (Wildman–Crippen LogP) is 2.54. The molecule has 3 rings (SSSR count). The molecule has 1 N–H and O–H groups in total. The number of aryl methyl sites for hydroxylation is 1. The topological polar surface area (TPSA) is 77.5 Å². The van der Waals surface area contributed by atoms with Crippen LogP contribution in [0.4, 0.5) is 0 Å². The number of methoxy groups -OCH3 is 1. The molecule has 2 aromatic heterocycles. The minimum atomic E-state index is -1.07. The number of aromatic carboxylic acids is 1. The van der Waals surface area contributed by atoms with Crippen molar-refractivity contribution < 1.29 is 19.2 Å². The molecule has 0 saturated carbocycles. The molecule has 0 aliphatic rings. The molecule has 102 valence electrons. The molecule has 0 spiro atoms. The van der Waals surface area contributed by atoms with Crippen LogP contribution in [0, 0.1) is 0 Å². The molecule has 1 aromatic carbocycles. The average Bonchev–Trinajstić information content (AvgIpc) is 3.03. The second-order valence-corrected chi connectivity index (χ2v) is 4.38. The molecule has 0 fully saturated rings. The van der Waals surface area contributed by atoms with Gasteiger partial charge in [0, 0.05) is 24.2 Å². The lowest BCUT2D eigenvalue weighted by Gasteiger charge is -2.03. The van der Waals surface area contributed by atoms with E-state index in [2.05, 4.69) is 5.16 Å². The number of nitrogens with zero attached hydrogens (tertiary/aromatic N) is 2. The van der Waals surface area contributed by atoms with Crippen LogP contribution in [0.1, 0.15) is 10.4 Å². The molecule has 0 atom stereocenters. The summed E-state index contributed by atoms with van der Waals surface area (Å²) < 4.78 is 12.3. The number of carboxylic acid groups (broad SMARTS) is 1. The van der Waals surface area contributed by atoms with Gasteiger partial charge >= 0.3 is 5.97 Å². The Morgan fingerprint density at radius 1 is 1.45 bits per heavy atom. The molecule has 0 saturated heterocycles. The Morgan fingerprint density at radius 3 is 2.95 bits per heavy atom. The van der Waals surface area contributed by atoms with E-state index in [0.29, 0.717) is 11.3 Å². The summed E-state index contributed by atoms with van der Waals surface area (Å²) in [4.78, 5) is 11.2. The van der Waals surface area contributed by atoms with Gasteiger partial charge in [-0.1, -0.05) is 17.3 Å². The fourth-order valence-corrected chi connectivity index (χ4v) is 2.36. The maximum Gasteiger partial charge on any atom is 0.341 e. The van der Waals surface area contributed by atoms with E-state index in [9.17, 15) is 4.79 Å². The summed E-state index contributed by atoms with van der Waals surface area (Å²) in [6.07, 6.45) is 3.01. The van der Waals surface area contributed by atoms with Crippen molar-refractivity contribution >= 4 is 16.9 Å². The zero-order valence-corrected chi connectivity index (χ0v) is 11.0. The van der Waals surface area contributed by atoms with E-state index in [0.717, 1.165) is 10.9 Å². The number of aromatic nitrogens is 2. The SMILES string of the molecule is COc1cccc2c(-c3oncc3C(=O)O)cn(C)c12. The smallest absolute Gasteiger partial charge is 0.341 e. The number of carboxylic acids is 1. The first-order chi connectivity index (χ1) is 9.63. The Bertz CT molecular complexity index is 801. The van der Waals surface area contributed by atoms with Crippen molar-refractivity contribution in [3.63, 3.8) is 0 Å². The van der Waals surface area contributed by atoms with E-state index in [1.54, 1.807) is 13.3 Å². The van der Waals surface area contributed by atoms with Gasteiger partial charge in [0.15, 0.2) is 5.76 Å². The molecule has 6 nitrogen and oxygen atoms in total. The number of hydrogen-bond acceptors (Lipinski definition) is 4. The van der Waals surface area contributed by atoms with Crippen LogP contribution in [0.15, 0.2) is 35.1 Å². The average molecular weight is 272 g/mol. The summed E-state index contributed by atoms with van der Waals surface area (Å²) in [5.41, 5.74) is 1.59. The number of para-hydroxylation sites is 1. The molecule has 0 amide bonds. The van der Waals surface area contributed by atoms with E-state index in [4.69, 9.17) is 14.4 Å². The van der Waals surface area contributed by atoms with Gasteiger partial charge in [0.05, 0.1) is 18.8 Å². The lowest BCUT2D eigenvalue weighted by atomic mass is 10.1. The van der Waals surface area contributed by atoms with Crippen molar-refractivity contribution in [2.75, 3.05) is 7.11 Å². The van der Waals surface area contributed by atoms with Crippen LogP contribution < -0.4 is 4.74 Å². The third-order valence-electron chi connectivity index (χ3n) is 3.23. The minimum Gasteiger partial charge on any atom is -0.495 e. The van der Waals surface area contributed by atoms with Gasteiger partial charge in [-0.25, -0.2) is 4.79 Å². The van der Waals surface area contributed by atoms with Crippen LogP contribution in [0.25, 0.3) is 22.2 Å². The number of benzene rings is 1. The molecule has 20 heavy (non-hydrogen) atoms. The molecule has 0 aliphatic heterocycles. The van der Waals surface area contributed by atoms with Crippen molar-refractivity contribution in [1.82, 2.24) is 9.72 Å². The first kappa shape index (κ1) is 12.3. The van der Waals surface area contributed by atoms with Crippen LogP contribution in [-0.2, 0) is 7.05 Å². The predicted molar refractivity (Wildman–Crippen MR) is 71.9 cm³/mol. The van der Waals surface area contributed by atoms with Crippen LogP contribution in [0.5, 0.6) is 5.75 Å². The Hall–Kier alpha value is -2.76. The standard InChI is InChI=1S/C14H12N2O4/c1-16-7-10(13-9(14(17)18)6-15-20-13)8-4-3-5-11(19-2)12(8)16/h3-7H,1-2H3,(H,17,18). The molecule has 0 unspecified atom stereocenters. The third kappa shape index (κ3) is 1.65. The van der Waals surface area contributed by atoms with Crippen molar-refractivity contribution in [3.05, 3.63) is 36.2 Å². The molecule has 2 heterocycles. The summed E-state index contributed by atoms with van der Waals surface area (Å²) in [6.45, 7) is 0. The van der Waals surface area contributed by atoms with Gasteiger partial charge in [-0.15, -0.1) is 0 Å². The van der Waals surface area contributed by atoms with Crippen molar-refractivity contribution in [2.45, 2.75) is 0 Å². The Kier molecular flexibility index (Phi) is 2.71. The Labute approximate surface area is 114 Å². The molecular weight excluding hydrogens is 260 g/mol. The minimum absolute atomic E-state index is 0.0420. The number of hydrogen-bond donors (Lipinski definition) is 1. The third-order valence-corrected chi connectivity index (χ3v) is 3.23. The van der Waals surface area contributed by atoms with Gasteiger partial charge < -0.3 is 18.9 Å². The fourth-order valence-electron chi connectivity index (χ4n) is 2.36. The quantitative estimate of drug-likeness (QED) is 0.792. The van der Waals surface area contributed by atoms with Crippen LogP contribution in [0.3, 0.4) is 0 Å². The highest BCUT2D eigenvalue weighted by Crippen LogP contribution is 2.36. The monoisotopic (exact) mass is 272 g/mol. The molecule has 3 aromatic rings. The summed E-state index contributed by atoms with van der Waals surface area (Å²) in [5, 5.41) is 13.6. The van der Waals surface area contributed by atoms with Gasteiger partial charge in [0.2, 0.25) is 0 Å². The van der Waals surface area contributed by atoms with E-state index in [1.807, 2.05) is 29.8 Å². The molecule has 6 heteroatoms. The number of fused-ring (bicyclic) bond motifs is 1. The zero-order chi connectivity index (χ0) is 14.3. The van der Waals surface area contributed by atoms with Gasteiger partial charge in [0.1, 0.15) is 11.3 Å². The van der Waals surface area contributed by atoms with Crippen molar-refractivity contribution in [1.29, 1.82) is 0 Å². The number of carbonyl (C=O) groups is 1. The van der Waals surface area contributed by atoms with Crippen LogP contribution >= 0.6 is 0 Å².